The zero-order valence-corrected chi connectivity index (χ0v) is 9.93. The number of halogens is 1. The van der Waals surface area contributed by atoms with Crippen molar-refractivity contribution in [2.24, 2.45) is 0 Å². The first-order valence-electron chi connectivity index (χ1n) is 5.59. The Balaban J connectivity index is 2.10. The average molecular weight is 246 g/mol. The van der Waals surface area contributed by atoms with Gasteiger partial charge in [0.25, 0.3) is 0 Å². The molecule has 86 valence electrons. The van der Waals surface area contributed by atoms with Crippen molar-refractivity contribution in [2.45, 2.75) is 18.8 Å². The monoisotopic (exact) mass is 246 g/mol. The number of hydrogen-bond acceptors (Lipinski definition) is 2. The van der Waals surface area contributed by atoms with Crippen LogP contribution in [0.4, 0.5) is 4.39 Å². The Kier molecular flexibility index (Phi) is 2.52. The molecule has 1 aromatic carbocycles. The van der Waals surface area contributed by atoms with Gasteiger partial charge in [0.2, 0.25) is 0 Å². The molecule has 0 aliphatic heterocycles. The van der Waals surface area contributed by atoms with Gasteiger partial charge in [-0.3, -0.25) is 0 Å². The summed E-state index contributed by atoms with van der Waals surface area (Å²) in [5.74, 6) is 0.964. The van der Waals surface area contributed by atoms with Gasteiger partial charge in [0.1, 0.15) is 16.3 Å². The van der Waals surface area contributed by atoms with E-state index >= 15 is 0 Å². The van der Waals surface area contributed by atoms with Gasteiger partial charge in [0, 0.05) is 11.3 Å². The molecule has 1 N–H and O–H groups in total. The Bertz CT molecular complexity index is 617. The SMILES string of the molecule is Fc1cccc(-c2nc(=S)cc(C3CC3)[nH]2)c1. The summed E-state index contributed by atoms with van der Waals surface area (Å²) >= 11 is 5.14. The summed E-state index contributed by atoms with van der Waals surface area (Å²) < 4.78 is 13.7. The van der Waals surface area contributed by atoms with Gasteiger partial charge in [-0.1, -0.05) is 24.4 Å². The van der Waals surface area contributed by atoms with Crippen LogP contribution in [0.5, 0.6) is 0 Å². The van der Waals surface area contributed by atoms with E-state index < -0.39 is 0 Å². The minimum Gasteiger partial charge on any atom is -0.343 e. The lowest BCUT2D eigenvalue weighted by molar-refractivity contribution is 0.628. The molecular formula is C13H11FN2S. The van der Waals surface area contributed by atoms with Gasteiger partial charge in [-0.2, -0.15) is 0 Å². The fraction of sp³-hybridized carbons (Fsp3) is 0.231. The van der Waals surface area contributed by atoms with Crippen LogP contribution in [0, 0.1) is 10.5 Å². The molecule has 2 aromatic rings. The fourth-order valence-electron chi connectivity index (χ4n) is 1.86. The molecule has 1 fully saturated rings. The van der Waals surface area contributed by atoms with Crippen LogP contribution in [0.1, 0.15) is 24.5 Å². The van der Waals surface area contributed by atoms with Crippen molar-refractivity contribution in [3.63, 3.8) is 0 Å². The summed E-state index contributed by atoms with van der Waals surface area (Å²) in [6.45, 7) is 0. The molecule has 1 heterocycles. The Labute approximate surface area is 104 Å². The highest BCUT2D eigenvalue weighted by Crippen LogP contribution is 2.39. The maximum absolute atomic E-state index is 13.2. The van der Waals surface area contributed by atoms with Crippen LogP contribution < -0.4 is 0 Å². The zero-order chi connectivity index (χ0) is 11.8. The fourth-order valence-corrected chi connectivity index (χ4v) is 2.08. The van der Waals surface area contributed by atoms with E-state index in [-0.39, 0.29) is 5.82 Å². The van der Waals surface area contributed by atoms with E-state index in [1.54, 1.807) is 6.07 Å². The minimum atomic E-state index is -0.263. The van der Waals surface area contributed by atoms with Gasteiger partial charge < -0.3 is 4.98 Å². The molecule has 0 bridgehead atoms. The lowest BCUT2D eigenvalue weighted by atomic mass is 10.2. The molecule has 2 nitrogen and oxygen atoms in total. The summed E-state index contributed by atoms with van der Waals surface area (Å²) in [6, 6.07) is 8.28. The van der Waals surface area contributed by atoms with Gasteiger partial charge in [0.15, 0.2) is 0 Å². The van der Waals surface area contributed by atoms with Crippen molar-refractivity contribution in [1.29, 1.82) is 0 Å². The van der Waals surface area contributed by atoms with Gasteiger partial charge in [-0.25, -0.2) is 9.37 Å². The van der Waals surface area contributed by atoms with Crippen LogP contribution in [0.3, 0.4) is 0 Å². The first-order valence-corrected chi connectivity index (χ1v) is 6.00. The lowest BCUT2D eigenvalue weighted by Gasteiger charge is -2.05. The molecule has 17 heavy (non-hydrogen) atoms. The smallest absolute Gasteiger partial charge is 0.139 e. The Morgan fingerprint density at radius 3 is 2.82 bits per heavy atom. The number of aromatic amines is 1. The van der Waals surface area contributed by atoms with Crippen molar-refractivity contribution in [3.05, 3.63) is 46.5 Å². The Morgan fingerprint density at radius 2 is 2.12 bits per heavy atom. The number of H-pyrrole nitrogens is 1. The molecule has 0 radical (unpaired) electrons. The first-order chi connectivity index (χ1) is 8.22. The maximum atomic E-state index is 13.2. The van der Waals surface area contributed by atoms with E-state index in [2.05, 4.69) is 9.97 Å². The third kappa shape index (κ3) is 2.26. The average Bonchev–Trinajstić information content (AvgIpc) is 3.12. The Hall–Kier alpha value is -1.55. The predicted octanol–water partition coefficient (Wildman–Crippen LogP) is 3.82. The highest BCUT2D eigenvalue weighted by molar-refractivity contribution is 7.71. The molecular weight excluding hydrogens is 235 g/mol. The molecule has 3 rings (SSSR count). The molecule has 0 spiro atoms. The summed E-state index contributed by atoms with van der Waals surface area (Å²) in [5.41, 5.74) is 1.85. The van der Waals surface area contributed by atoms with Gasteiger partial charge >= 0.3 is 0 Å². The second-order valence-corrected chi connectivity index (χ2v) is 4.73. The largest absolute Gasteiger partial charge is 0.343 e. The second-order valence-electron chi connectivity index (χ2n) is 4.31. The molecule has 4 heteroatoms. The van der Waals surface area contributed by atoms with E-state index in [9.17, 15) is 4.39 Å². The molecule has 0 unspecified atom stereocenters. The highest BCUT2D eigenvalue weighted by atomic mass is 32.1. The van der Waals surface area contributed by atoms with Gasteiger partial charge in [0.05, 0.1) is 0 Å². The molecule has 1 aliphatic rings. The van der Waals surface area contributed by atoms with E-state index in [1.165, 1.54) is 25.0 Å². The molecule has 0 saturated heterocycles. The summed E-state index contributed by atoms with van der Waals surface area (Å²) in [4.78, 5) is 7.49. The van der Waals surface area contributed by atoms with E-state index in [1.807, 2.05) is 12.1 Å². The van der Waals surface area contributed by atoms with Crippen LogP contribution >= 0.6 is 12.2 Å². The number of nitrogens with one attached hydrogen (secondary N) is 1. The van der Waals surface area contributed by atoms with E-state index in [4.69, 9.17) is 12.2 Å². The van der Waals surface area contributed by atoms with Gasteiger partial charge in [-0.15, -0.1) is 0 Å². The van der Waals surface area contributed by atoms with Crippen molar-refractivity contribution < 1.29 is 4.39 Å². The topological polar surface area (TPSA) is 28.7 Å². The normalized spacial score (nSPS) is 14.9. The maximum Gasteiger partial charge on any atom is 0.139 e. The third-order valence-corrected chi connectivity index (χ3v) is 3.09. The summed E-state index contributed by atoms with van der Waals surface area (Å²) in [7, 11) is 0. The quantitative estimate of drug-likeness (QED) is 0.816. The van der Waals surface area contributed by atoms with Crippen LogP contribution in [0.15, 0.2) is 30.3 Å². The zero-order valence-electron chi connectivity index (χ0n) is 9.11. The summed E-state index contributed by atoms with van der Waals surface area (Å²) in [5, 5.41) is 0. The molecule has 1 aromatic heterocycles. The highest BCUT2D eigenvalue weighted by Gasteiger charge is 2.24. The van der Waals surface area contributed by atoms with Crippen molar-refractivity contribution >= 4 is 12.2 Å². The van der Waals surface area contributed by atoms with Crippen LogP contribution in [-0.4, -0.2) is 9.97 Å². The number of rotatable bonds is 2. The van der Waals surface area contributed by atoms with Crippen molar-refractivity contribution in [3.8, 4) is 11.4 Å². The second kappa shape index (κ2) is 4.04. The molecule has 1 saturated carbocycles. The van der Waals surface area contributed by atoms with Gasteiger partial charge in [-0.05, 0) is 37.0 Å². The summed E-state index contributed by atoms with van der Waals surface area (Å²) in [6.07, 6.45) is 2.38. The Morgan fingerprint density at radius 1 is 1.29 bits per heavy atom. The number of nitrogens with zero attached hydrogens (tertiary/aromatic N) is 1. The standard InChI is InChI=1S/C13H11FN2S/c14-10-3-1-2-9(6-10)13-15-11(8-4-5-8)7-12(17)16-13/h1-3,6-8H,4-5H2,(H,15,16,17). The first kappa shape index (κ1) is 10.6. The third-order valence-electron chi connectivity index (χ3n) is 2.88. The molecule has 0 amide bonds. The minimum absolute atomic E-state index is 0.263. The number of benzene rings is 1. The van der Waals surface area contributed by atoms with E-state index in [0.29, 0.717) is 16.4 Å². The number of aromatic nitrogens is 2. The van der Waals surface area contributed by atoms with E-state index in [0.717, 1.165) is 11.3 Å². The van der Waals surface area contributed by atoms with Crippen LogP contribution in [-0.2, 0) is 0 Å². The van der Waals surface area contributed by atoms with Crippen LogP contribution in [0.2, 0.25) is 0 Å². The molecule has 0 atom stereocenters. The van der Waals surface area contributed by atoms with Crippen LogP contribution in [0.25, 0.3) is 11.4 Å². The predicted molar refractivity (Wildman–Crippen MR) is 66.8 cm³/mol. The van der Waals surface area contributed by atoms with Crippen molar-refractivity contribution in [1.82, 2.24) is 9.97 Å². The molecule has 1 aliphatic carbocycles. The number of hydrogen-bond donors (Lipinski definition) is 1. The lowest BCUT2D eigenvalue weighted by Crippen LogP contribution is -1.95. The van der Waals surface area contributed by atoms with Crippen molar-refractivity contribution in [2.75, 3.05) is 0 Å².